The third-order valence-electron chi connectivity index (χ3n) is 4.71. The van der Waals surface area contributed by atoms with Gasteiger partial charge in [0, 0.05) is 6.04 Å². The zero-order valence-corrected chi connectivity index (χ0v) is 14.1. The molecule has 1 aliphatic rings. The molecule has 0 aliphatic carbocycles. The highest BCUT2D eigenvalue weighted by Gasteiger charge is 2.26. The van der Waals surface area contributed by atoms with Gasteiger partial charge in [-0.1, -0.05) is 37.3 Å². The summed E-state index contributed by atoms with van der Waals surface area (Å²) in [5.74, 6) is 2.14. The van der Waals surface area contributed by atoms with Crippen LogP contribution < -0.4 is 14.8 Å². The summed E-state index contributed by atoms with van der Waals surface area (Å²) in [6.45, 7) is 3.32. The fraction of sp³-hybridized carbons (Fsp3) is 0.400. The smallest absolute Gasteiger partial charge is 0.161 e. The Balaban J connectivity index is 1.88. The standard InChI is InChI=1S/C20H25NO2/c1-14(11-15-7-5-4-6-8-15)20-17-13-19(23-3)18(22-2)12-16(17)9-10-21-20/h4-8,12-14,20-21H,9-11H2,1-3H3/t14-,20+/m1/s1. The predicted octanol–water partition coefficient (Wildman–Crippen LogP) is 3.77. The Morgan fingerprint density at radius 2 is 1.78 bits per heavy atom. The van der Waals surface area contributed by atoms with Gasteiger partial charge in [-0.2, -0.15) is 0 Å². The summed E-state index contributed by atoms with van der Waals surface area (Å²) in [6, 6.07) is 15.3. The minimum Gasteiger partial charge on any atom is -0.493 e. The van der Waals surface area contributed by atoms with Crippen molar-refractivity contribution < 1.29 is 9.47 Å². The summed E-state index contributed by atoms with van der Waals surface area (Å²) in [4.78, 5) is 0. The maximum atomic E-state index is 5.50. The van der Waals surface area contributed by atoms with Crippen LogP contribution in [0.2, 0.25) is 0 Å². The monoisotopic (exact) mass is 311 g/mol. The van der Waals surface area contributed by atoms with Gasteiger partial charge in [0.15, 0.2) is 11.5 Å². The molecular formula is C20H25NO2. The van der Waals surface area contributed by atoms with E-state index in [1.165, 1.54) is 16.7 Å². The molecule has 0 bridgehead atoms. The average molecular weight is 311 g/mol. The molecule has 2 aromatic rings. The Kier molecular flexibility index (Phi) is 4.87. The summed E-state index contributed by atoms with van der Waals surface area (Å²) in [5.41, 5.74) is 4.10. The van der Waals surface area contributed by atoms with Crippen LogP contribution in [-0.4, -0.2) is 20.8 Å². The first kappa shape index (κ1) is 15.9. The highest BCUT2D eigenvalue weighted by Crippen LogP contribution is 2.38. The second kappa shape index (κ2) is 7.05. The van der Waals surface area contributed by atoms with Crippen LogP contribution in [0.25, 0.3) is 0 Å². The Hall–Kier alpha value is -2.00. The van der Waals surface area contributed by atoms with Crippen molar-refractivity contribution in [1.82, 2.24) is 5.32 Å². The molecule has 2 aromatic carbocycles. The van der Waals surface area contributed by atoms with Crippen molar-refractivity contribution in [2.45, 2.75) is 25.8 Å². The molecule has 0 radical (unpaired) electrons. The number of nitrogens with one attached hydrogen (secondary N) is 1. The van der Waals surface area contributed by atoms with E-state index in [-0.39, 0.29) is 0 Å². The van der Waals surface area contributed by atoms with E-state index in [2.05, 4.69) is 54.7 Å². The Morgan fingerprint density at radius 1 is 1.09 bits per heavy atom. The van der Waals surface area contributed by atoms with E-state index in [0.29, 0.717) is 12.0 Å². The molecule has 0 fully saturated rings. The van der Waals surface area contributed by atoms with Crippen molar-refractivity contribution in [3.63, 3.8) is 0 Å². The molecular weight excluding hydrogens is 286 g/mol. The van der Waals surface area contributed by atoms with Crippen molar-refractivity contribution >= 4 is 0 Å². The maximum Gasteiger partial charge on any atom is 0.161 e. The summed E-state index contributed by atoms with van der Waals surface area (Å²) in [7, 11) is 3.39. The van der Waals surface area contributed by atoms with E-state index in [4.69, 9.17) is 9.47 Å². The first-order chi connectivity index (χ1) is 11.2. The Bertz CT molecular complexity index is 654. The lowest BCUT2D eigenvalue weighted by Crippen LogP contribution is -2.34. The SMILES string of the molecule is COc1cc2c(cc1OC)[C@H]([C@H](C)Cc1ccccc1)NCC2. The van der Waals surface area contributed by atoms with Crippen molar-refractivity contribution in [1.29, 1.82) is 0 Å². The zero-order valence-electron chi connectivity index (χ0n) is 14.1. The molecule has 3 rings (SSSR count). The number of hydrogen-bond acceptors (Lipinski definition) is 3. The van der Waals surface area contributed by atoms with E-state index < -0.39 is 0 Å². The topological polar surface area (TPSA) is 30.5 Å². The summed E-state index contributed by atoms with van der Waals surface area (Å²) in [6.07, 6.45) is 2.09. The number of rotatable bonds is 5. The molecule has 0 spiro atoms. The molecule has 0 aromatic heterocycles. The molecule has 23 heavy (non-hydrogen) atoms. The fourth-order valence-corrected chi connectivity index (χ4v) is 3.53. The van der Waals surface area contributed by atoms with Gasteiger partial charge >= 0.3 is 0 Å². The molecule has 0 saturated carbocycles. The lowest BCUT2D eigenvalue weighted by Gasteiger charge is -2.32. The third kappa shape index (κ3) is 3.35. The van der Waals surface area contributed by atoms with E-state index >= 15 is 0 Å². The van der Waals surface area contributed by atoms with Gasteiger partial charge in [-0.05, 0) is 54.1 Å². The van der Waals surface area contributed by atoms with Crippen molar-refractivity contribution in [2.24, 2.45) is 5.92 Å². The van der Waals surface area contributed by atoms with Crippen LogP contribution in [-0.2, 0) is 12.8 Å². The molecule has 0 amide bonds. The van der Waals surface area contributed by atoms with Gasteiger partial charge < -0.3 is 14.8 Å². The Labute approximate surface area is 138 Å². The van der Waals surface area contributed by atoms with Crippen LogP contribution >= 0.6 is 0 Å². The largest absolute Gasteiger partial charge is 0.493 e. The van der Waals surface area contributed by atoms with Gasteiger partial charge in [0.1, 0.15) is 0 Å². The molecule has 122 valence electrons. The molecule has 3 nitrogen and oxygen atoms in total. The Morgan fingerprint density at radius 3 is 2.48 bits per heavy atom. The van der Waals surface area contributed by atoms with Gasteiger partial charge in [-0.25, -0.2) is 0 Å². The summed E-state index contributed by atoms with van der Waals surface area (Å²) in [5, 5.41) is 3.69. The van der Waals surface area contributed by atoms with Crippen LogP contribution in [0.1, 0.15) is 29.7 Å². The summed E-state index contributed by atoms with van der Waals surface area (Å²) < 4.78 is 10.9. The normalized spacial score (nSPS) is 18.1. The fourth-order valence-electron chi connectivity index (χ4n) is 3.53. The highest BCUT2D eigenvalue weighted by atomic mass is 16.5. The second-order valence-electron chi connectivity index (χ2n) is 6.25. The van der Waals surface area contributed by atoms with Gasteiger partial charge in [0.05, 0.1) is 14.2 Å². The van der Waals surface area contributed by atoms with E-state index in [1.807, 2.05) is 0 Å². The van der Waals surface area contributed by atoms with Crippen LogP contribution in [0.3, 0.4) is 0 Å². The van der Waals surface area contributed by atoms with Crippen LogP contribution in [0.15, 0.2) is 42.5 Å². The van der Waals surface area contributed by atoms with Crippen molar-refractivity contribution in [3.05, 3.63) is 59.2 Å². The second-order valence-corrected chi connectivity index (χ2v) is 6.25. The summed E-state index contributed by atoms with van der Waals surface area (Å²) >= 11 is 0. The maximum absolute atomic E-state index is 5.50. The lowest BCUT2D eigenvalue weighted by atomic mass is 9.84. The number of hydrogen-bond donors (Lipinski definition) is 1. The first-order valence-electron chi connectivity index (χ1n) is 8.25. The molecule has 0 saturated heterocycles. The van der Waals surface area contributed by atoms with Gasteiger partial charge in [0.25, 0.3) is 0 Å². The third-order valence-corrected chi connectivity index (χ3v) is 4.71. The van der Waals surface area contributed by atoms with Crippen LogP contribution in [0.4, 0.5) is 0 Å². The molecule has 1 N–H and O–H groups in total. The predicted molar refractivity (Wildman–Crippen MR) is 93.3 cm³/mol. The van der Waals surface area contributed by atoms with Gasteiger partial charge in [-0.15, -0.1) is 0 Å². The van der Waals surface area contributed by atoms with Crippen molar-refractivity contribution in [3.8, 4) is 11.5 Å². The highest BCUT2D eigenvalue weighted by molar-refractivity contribution is 5.49. The number of methoxy groups -OCH3 is 2. The lowest BCUT2D eigenvalue weighted by molar-refractivity contribution is 0.343. The first-order valence-corrected chi connectivity index (χ1v) is 8.25. The van der Waals surface area contributed by atoms with Gasteiger partial charge in [0.2, 0.25) is 0 Å². The molecule has 1 aliphatic heterocycles. The van der Waals surface area contributed by atoms with E-state index in [0.717, 1.165) is 30.9 Å². The zero-order chi connectivity index (χ0) is 16.2. The molecule has 2 atom stereocenters. The minimum atomic E-state index is 0.346. The van der Waals surface area contributed by atoms with Crippen LogP contribution in [0, 0.1) is 5.92 Å². The van der Waals surface area contributed by atoms with Crippen LogP contribution in [0.5, 0.6) is 11.5 Å². The molecule has 0 unspecified atom stereocenters. The number of fused-ring (bicyclic) bond motifs is 1. The molecule has 1 heterocycles. The van der Waals surface area contributed by atoms with Gasteiger partial charge in [-0.3, -0.25) is 0 Å². The minimum absolute atomic E-state index is 0.346. The number of ether oxygens (including phenoxy) is 2. The van der Waals surface area contributed by atoms with Crippen molar-refractivity contribution in [2.75, 3.05) is 20.8 Å². The quantitative estimate of drug-likeness (QED) is 0.912. The average Bonchev–Trinajstić information content (AvgIpc) is 2.60. The van der Waals surface area contributed by atoms with E-state index in [9.17, 15) is 0 Å². The van der Waals surface area contributed by atoms with E-state index in [1.54, 1.807) is 14.2 Å². The number of benzene rings is 2. The molecule has 3 heteroatoms.